The van der Waals surface area contributed by atoms with Gasteiger partial charge < -0.3 is 10.1 Å². The van der Waals surface area contributed by atoms with E-state index in [1.165, 1.54) is 17.0 Å². The van der Waals surface area contributed by atoms with E-state index in [1.807, 2.05) is 0 Å². The van der Waals surface area contributed by atoms with Crippen molar-refractivity contribution in [1.82, 2.24) is 15.2 Å². The standard InChI is InChI=1S/C24H26F3N3O3/c1-16-8-10-23(11-9-16)30(22(32)18-6-2-3-7-19(18)24(25,26)27)20(15-33-23)21(31)29-14-17-5-4-12-28-13-17/h2-7,12-13,16,20H,8-11,14-15H2,1H3,(H,29,31)/t16?,20-,23?/m0/s1. The minimum atomic E-state index is -4.70. The van der Waals surface area contributed by atoms with Gasteiger partial charge in [0, 0.05) is 18.9 Å². The summed E-state index contributed by atoms with van der Waals surface area (Å²) in [5.74, 6) is -0.888. The maximum atomic E-state index is 13.7. The predicted octanol–water partition coefficient (Wildman–Crippen LogP) is 4.16. The Labute approximate surface area is 190 Å². The van der Waals surface area contributed by atoms with Gasteiger partial charge in [-0.3, -0.25) is 19.5 Å². The molecule has 0 radical (unpaired) electrons. The topological polar surface area (TPSA) is 71.5 Å². The molecule has 0 bridgehead atoms. The van der Waals surface area contributed by atoms with E-state index in [-0.39, 0.29) is 13.2 Å². The zero-order valence-corrected chi connectivity index (χ0v) is 18.3. The Morgan fingerprint density at radius 3 is 2.58 bits per heavy atom. The van der Waals surface area contributed by atoms with Crippen LogP contribution in [-0.2, 0) is 22.3 Å². The van der Waals surface area contributed by atoms with Gasteiger partial charge in [-0.2, -0.15) is 13.2 Å². The average molecular weight is 461 g/mol. The molecule has 4 rings (SSSR count). The molecule has 33 heavy (non-hydrogen) atoms. The number of hydrogen-bond donors (Lipinski definition) is 1. The zero-order chi connectivity index (χ0) is 23.6. The number of hydrogen-bond acceptors (Lipinski definition) is 4. The largest absolute Gasteiger partial charge is 0.417 e. The van der Waals surface area contributed by atoms with Crippen molar-refractivity contribution in [2.24, 2.45) is 5.92 Å². The van der Waals surface area contributed by atoms with Crippen LogP contribution in [0.1, 0.15) is 54.1 Å². The molecule has 1 spiro atoms. The second kappa shape index (κ2) is 9.13. The summed E-state index contributed by atoms with van der Waals surface area (Å²) >= 11 is 0. The number of aromatic nitrogens is 1. The van der Waals surface area contributed by atoms with Crippen molar-refractivity contribution < 1.29 is 27.5 Å². The Morgan fingerprint density at radius 2 is 1.91 bits per heavy atom. The Balaban J connectivity index is 1.65. The molecule has 2 heterocycles. The number of carbonyl (C=O) groups excluding carboxylic acids is 2. The van der Waals surface area contributed by atoms with Crippen molar-refractivity contribution in [3.63, 3.8) is 0 Å². The number of pyridine rings is 1. The Bertz CT molecular complexity index is 1000. The van der Waals surface area contributed by atoms with E-state index < -0.39 is 40.9 Å². The number of benzene rings is 1. The highest BCUT2D eigenvalue weighted by Crippen LogP contribution is 2.44. The molecule has 1 atom stereocenters. The second-order valence-corrected chi connectivity index (χ2v) is 8.75. The SMILES string of the molecule is CC1CCC2(CC1)OC[C@@H](C(=O)NCc1cccnc1)N2C(=O)c1ccccc1C(F)(F)F. The average Bonchev–Trinajstić information content (AvgIpc) is 3.18. The van der Waals surface area contributed by atoms with E-state index in [0.717, 1.165) is 30.5 Å². The van der Waals surface area contributed by atoms with Gasteiger partial charge in [0.05, 0.1) is 17.7 Å². The third-order valence-electron chi connectivity index (χ3n) is 6.49. The van der Waals surface area contributed by atoms with Crippen LogP contribution in [0.4, 0.5) is 13.2 Å². The molecule has 2 amide bonds. The van der Waals surface area contributed by atoms with Gasteiger partial charge in [0.25, 0.3) is 5.91 Å². The highest BCUT2D eigenvalue weighted by molar-refractivity contribution is 5.99. The molecular weight excluding hydrogens is 435 g/mol. The molecule has 1 saturated carbocycles. The number of amides is 2. The Morgan fingerprint density at radius 1 is 1.18 bits per heavy atom. The minimum Gasteiger partial charge on any atom is -0.353 e. The molecule has 1 saturated heterocycles. The van der Waals surface area contributed by atoms with Crippen LogP contribution in [0.3, 0.4) is 0 Å². The number of alkyl halides is 3. The minimum absolute atomic E-state index is 0.0623. The van der Waals surface area contributed by atoms with E-state index in [0.29, 0.717) is 18.8 Å². The summed E-state index contributed by atoms with van der Waals surface area (Å²) in [6, 6.07) is 7.20. The smallest absolute Gasteiger partial charge is 0.353 e. The lowest BCUT2D eigenvalue weighted by Crippen LogP contribution is -2.57. The van der Waals surface area contributed by atoms with Crippen molar-refractivity contribution in [3.05, 3.63) is 65.5 Å². The monoisotopic (exact) mass is 461 g/mol. The highest BCUT2D eigenvalue weighted by Gasteiger charge is 2.54. The van der Waals surface area contributed by atoms with Crippen LogP contribution in [-0.4, -0.2) is 40.1 Å². The zero-order valence-electron chi connectivity index (χ0n) is 18.3. The first-order chi connectivity index (χ1) is 15.7. The van der Waals surface area contributed by atoms with Crippen LogP contribution in [0.2, 0.25) is 0 Å². The highest BCUT2D eigenvalue weighted by atomic mass is 19.4. The van der Waals surface area contributed by atoms with E-state index >= 15 is 0 Å². The fraction of sp³-hybridized carbons (Fsp3) is 0.458. The lowest BCUT2D eigenvalue weighted by atomic mass is 9.83. The van der Waals surface area contributed by atoms with E-state index in [1.54, 1.807) is 24.5 Å². The molecule has 2 fully saturated rings. The lowest BCUT2D eigenvalue weighted by Gasteiger charge is -2.43. The lowest BCUT2D eigenvalue weighted by molar-refractivity contribution is -0.138. The van der Waals surface area contributed by atoms with E-state index in [4.69, 9.17) is 4.74 Å². The molecule has 9 heteroatoms. The van der Waals surface area contributed by atoms with Gasteiger partial charge in [-0.05, 0) is 55.4 Å². The normalized spacial score (nSPS) is 25.3. The molecule has 6 nitrogen and oxygen atoms in total. The van der Waals surface area contributed by atoms with Gasteiger partial charge in [-0.25, -0.2) is 0 Å². The predicted molar refractivity (Wildman–Crippen MR) is 114 cm³/mol. The third-order valence-corrected chi connectivity index (χ3v) is 6.49. The summed E-state index contributed by atoms with van der Waals surface area (Å²) in [6.07, 6.45) is 0.990. The molecule has 1 aromatic carbocycles. The van der Waals surface area contributed by atoms with Gasteiger partial charge in [0.1, 0.15) is 11.8 Å². The van der Waals surface area contributed by atoms with Gasteiger partial charge in [-0.1, -0.05) is 25.1 Å². The van der Waals surface area contributed by atoms with Crippen LogP contribution in [0.15, 0.2) is 48.8 Å². The fourth-order valence-corrected chi connectivity index (χ4v) is 4.64. The van der Waals surface area contributed by atoms with Gasteiger partial charge in [0.2, 0.25) is 5.91 Å². The van der Waals surface area contributed by atoms with Crippen LogP contribution >= 0.6 is 0 Å². The van der Waals surface area contributed by atoms with Crippen molar-refractivity contribution >= 4 is 11.8 Å². The van der Waals surface area contributed by atoms with E-state index in [9.17, 15) is 22.8 Å². The number of rotatable bonds is 4. The van der Waals surface area contributed by atoms with Crippen molar-refractivity contribution in [2.45, 2.75) is 57.1 Å². The molecule has 1 aliphatic heterocycles. The first-order valence-electron chi connectivity index (χ1n) is 11.0. The van der Waals surface area contributed by atoms with Crippen molar-refractivity contribution in [2.75, 3.05) is 6.61 Å². The van der Waals surface area contributed by atoms with Gasteiger partial charge in [-0.15, -0.1) is 0 Å². The third kappa shape index (κ3) is 4.73. The summed E-state index contributed by atoms with van der Waals surface area (Å²) in [4.78, 5) is 32.0. The van der Waals surface area contributed by atoms with Crippen molar-refractivity contribution in [3.8, 4) is 0 Å². The molecule has 176 valence electrons. The molecule has 1 aromatic heterocycles. The molecule has 2 aliphatic rings. The van der Waals surface area contributed by atoms with Crippen molar-refractivity contribution in [1.29, 1.82) is 0 Å². The number of nitrogens with one attached hydrogen (secondary N) is 1. The Kier molecular flexibility index (Phi) is 6.43. The number of halogens is 3. The quantitative estimate of drug-likeness (QED) is 0.742. The van der Waals surface area contributed by atoms with Gasteiger partial charge in [0.15, 0.2) is 0 Å². The maximum Gasteiger partial charge on any atom is 0.417 e. The van der Waals surface area contributed by atoms with E-state index in [2.05, 4.69) is 17.2 Å². The molecule has 2 aromatic rings. The molecule has 1 aliphatic carbocycles. The second-order valence-electron chi connectivity index (χ2n) is 8.75. The van der Waals surface area contributed by atoms with Crippen LogP contribution in [0.25, 0.3) is 0 Å². The number of nitrogens with zero attached hydrogens (tertiary/aromatic N) is 2. The van der Waals surface area contributed by atoms with Crippen LogP contribution in [0, 0.1) is 5.92 Å². The van der Waals surface area contributed by atoms with Crippen LogP contribution < -0.4 is 5.32 Å². The summed E-state index contributed by atoms with van der Waals surface area (Å²) in [5.41, 5.74) is -1.81. The first kappa shape index (κ1) is 23.2. The first-order valence-corrected chi connectivity index (χ1v) is 11.0. The molecular formula is C24H26F3N3O3. The fourth-order valence-electron chi connectivity index (χ4n) is 4.64. The van der Waals surface area contributed by atoms with Gasteiger partial charge >= 0.3 is 6.18 Å². The Hall–Kier alpha value is -2.94. The summed E-state index contributed by atoms with van der Waals surface area (Å²) in [7, 11) is 0. The summed E-state index contributed by atoms with van der Waals surface area (Å²) < 4.78 is 47.0. The number of carbonyl (C=O) groups is 2. The maximum absolute atomic E-state index is 13.7. The summed E-state index contributed by atoms with van der Waals surface area (Å²) in [6.45, 7) is 2.21. The molecule has 1 N–H and O–H groups in total. The number of ether oxygens (including phenoxy) is 1. The summed E-state index contributed by atoms with van der Waals surface area (Å²) in [5, 5.41) is 2.78. The van der Waals surface area contributed by atoms with Crippen LogP contribution in [0.5, 0.6) is 0 Å². The molecule has 0 unspecified atom stereocenters.